The second-order valence-corrected chi connectivity index (χ2v) is 3.96. The van der Waals surface area contributed by atoms with Crippen molar-refractivity contribution in [1.82, 2.24) is 0 Å². The van der Waals surface area contributed by atoms with Gasteiger partial charge >= 0.3 is 6.17 Å². The monoisotopic (exact) mass is 232 g/mol. The van der Waals surface area contributed by atoms with Crippen LogP contribution in [0.1, 0.15) is 58.3 Å². The second-order valence-electron chi connectivity index (χ2n) is 3.96. The molecule has 6 heteroatoms. The van der Waals surface area contributed by atoms with Gasteiger partial charge in [0.2, 0.25) is 0 Å². The predicted octanol–water partition coefficient (Wildman–Crippen LogP) is 3.01. The van der Waals surface area contributed by atoms with Gasteiger partial charge in [0.15, 0.2) is 0 Å². The maximum absolute atomic E-state index is 10.3. The molecule has 0 aliphatic heterocycles. The van der Waals surface area contributed by atoms with E-state index in [2.05, 4.69) is 6.92 Å². The van der Waals surface area contributed by atoms with Crippen LogP contribution in [0.4, 0.5) is 0 Å². The molecule has 0 unspecified atom stereocenters. The standard InChI is InChI=1S/C10H20N2O4/c1-2-3-4-5-6-7-8-9-10(11(13)14)12(15)16/h10H,2-9H2,1H3. The first-order valence-corrected chi connectivity index (χ1v) is 5.86. The van der Waals surface area contributed by atoms with Crippen molar-refractivity contribution in [2.45, 2.75) is 64.5 Å². The molecule has 0 atom stereocenters. The summed E-state index contributed by atoms with van der Waals surface area (Å²) in [5, 5.41) is 20.6. The molecule has 0 aliphatic carbocycles. The molecule has 0 radical (unpaired) electrons. The lowest BCUT2D eigenvalue weighted by atomic mass is 10.1. The van der Waals surface area contributed by atoms with Crippen LogP contribution >= 0.6 is 0 Å². The molecular formula is C10H20N2O4. The molecule has 0 aromatic heterocycles. The Morgan fingerprint density at radius 3 is 1.75 bits per heavy atom. The summed E-state index contributed by atoms with van der Waals surface area (Å²) in [6.45, 7) is 2.14. The van der Waals surface area contributed by atoms with Crippen LogP contribution in [0.15, 0.2) is 0 Å². The molecule has 0 heterocycles. The van der Waals surface area contributed by atoms with Crippen molar-refractivity contribution < 1.29 is 9.85 Å². The van der Waals surface area contributed by atoms with E-state index in [1.54, 1.807) is 0 Å². The highest BCUT2D eigenvalue weighted by Gasteiger charge is 2.30. The van der Waals surface area contributed by atoms with E-state index in [0.717, 1.165) is 19.3 Å². The first-order valence-electron chi connectivity index (χ1n) is 5.86. The van der Waals surface area contributed by atoms with E-state index >= 15 is 0 Å². The van der Waals surface area contributed by atoms with E-state index in [4.69, 9.17) is 0 Å². The fourth-order valence-electron chi connectivity index (χ4n) is 1.57. The SMILES string of the molecule is CCCCCCCCCC([N+](=O)[O-])[N+](=O)[O-]. The fraction of sp³-hybridized carbons (Fsp3) is 1.00. The topological polar surface area (TPSA) is 86.3 Å². The summed E-state index contributed by atoms with van der Waals surface area (Å²) in [7, 11) is 0. The van der Waals surface area contributed by atoms with Crippen molar-refractivity contribution in [3.05, 3.63) is 20.2 Å². The quantitative estimate of drug-likeness (QED) is 0.251. The van der Waals surface area contributed by atoms with Gasteiger partial charge in [-0.2, -0.15) is 0 Å². The Bertz CT molecular complexity index is 207. The molecule has 94 valence electrons. The van der Waals surface area contributed by atoms with Gasteiger partial charge in [0.25, 0.3) is 0 Å². The predicted molar refractivity (Wildman–Crippen MR) is 60.4 cm³/mol. The summed E-state index contributed by atoms with van der Waals surface area (Å²) < 4.78 is 0. The molecule has 0 N–H and O–H groups in total. The second kappa shape index (κ2) is 9.06. The van der Waals surface area contributed by atoms with Crippen molar-refractivity contribution >= 4 is 0 Å². The number of hydrogen-bond donors (Lipinski definition) is 0. The zero-order valence-electron chi connectivity index (χ0n) is 9.76. The number of unbranched alkanes of at least 4 members (excludes halogenated alkanes) is 6. The average molecular weight is 232 g/mol. The average Bonchev–Trinajstić information content (AvgIpc) is 2.21. The van der Waals surface area contributed by atoms with E-state index in [1.807, 2.05) is 0 Å². The first kappa shape index (κ1) is 14.8. The third-order valence-electron chi connectivity index (χ3n) is 2.55. The van der Waals surface area contributed by atoms with Gasteiger partial charge in [-0.3, -0.25) is 20.2 Å². The molecule has 0 bridgehead atoms. The summed E-state index contributed by atoms with van der Waals surface area (Å²) in [6, 6.07) is 0. The Balaban J connectivity index is 3.48. The molecule has 0 spiro atoms. The van der Waals surface area contributed by atoms with Crippen LogP contribution < -0.4 is 0 Å². The number of rotatable bonds is 10. The summed E-state index contributed by atoms with van der Waals surface area (Å²) in [6.07, 6.45) is 5.57. The van der Waals surface area contributed by atoms with Crippen molar-refractivity contribution in [3.8, 4) is 0 Å². The zero-order chi connectivity index (χ0) is 12.4. The number of hydrogen-bond acceptors (Lipinski definition) is 4. The Labute approximate surface area is 95.3 Å². The lowest BCUT2D eigenvalue weighted by Gasteiger charge is -2.02. The van der Waals surface area contributed by atoms with Gasteiger partial charge in [-0.1, -0.05) is 45.4 Å². The lowest BCUT2D eigenvalue weighted by molar-refractivity contribution is -0.743. The van der Waals surface area contributed by atoms with E-state index in [0.29, 0.717) is 6.42 Å². The molecule has 0 saturated carbocycles. The van der Waals surface area contributed by atoms with Gasteiger partial charge in [-0.15, -0.1) is 0 Å². The van der Waals surface area contributed by atoms with Gasteiger partial charge in [0.05, 0.1) is 16.3 Å². The smallest absolute Gasteiger partial charge is 0.259 e. The minimum absolute atomic E-state index is 0.0494. The largest absolute Gasteiger partial charge is 0.450 e. The third kappa shape index (κ3) is 7.14. The fourth-order valence-corrected chi connectivity index (χ4v) is 1.57. The van der Waals surface area contributed by atoms with Gasteiger partial charge in [0, 0.05) is 0 Å². The Kier molecular flexibility index (Phi) is 8.38. The maximum atomic E-state index is 10.3. The van der Waals surface area contributed by atoms with Crippen LogP contribution in [0.5, 0.6) is 0 Å². The van der Waals surface area contributed by atoms with Crippen LogP contribution in [0, 0.1) is 20.2 Å². The highest BCUT2D eigenvalue weighted by atomic mass is 16.7. The van der Waals surface area contributed by atoms with Crippen molar-refractivity contribution in [1.29, 1.82) is 0 Å². The minimum atomic E-state index is -1.62. The zero-order valence-corrected chi connectivity index (χ0v) is 9.76. The number of nitrogens with zero attached hydrogens (tertiary/aromatic N) is 2. The Hall–Kier alpha value is -1.20. The molecule has 0 saturated heterocycles. The van der Waals surface area contributed by atoms with Crippen LogP contribution in [-0.2, 0) is 0 Å². The molecule has 0 aromatic rings. The number of nitro groups is 2. The summed E-state index contributed by atoms with van der Waals surface area (Å²) >= 11 is 0. The van der Waals surface area contributed by atoms with Crippen LogP contribution in [-0.4, -0.2) is 16.0 Å². The lowest BCUT2D eigenvalue weighted by Crippen LogP contribution is -2.28. The van der Waals surface area contributed by atoms with Crippen molar-refractivity contribution in [2.24, 2.45) is 0 Å². The van der Waals surface area contributed by atoms with Gasteiger partial charge in [-0.25, -0.2) is 0 Å². The Morgan fingerprint density at radius 1 is 0.875 bits per heavy atom. The van der Waals surface area contributed by atoms with Crippen LogP contribution in [0.3, 0.4) is 0 Å². The Morgan fingerprint density at radius 2 is 1.31 bits per heavy atom. The summed E-state index contributed by atoms with van der Waals surface area (Å²) in [5.41, 5.74) is 0. The van der Waals surface area contributed by atoms with E-state index < -0.39 is 16.0 Å². The molecule has 0 aliphatic rings. The van der Waals surface area contributed by atoms with Crippen LogP contribution in [0.2, 0.25) is 0 Å². The minimum Gasteiger partial charge on any atom is -0.259 e. The summed E-state index contributed by atoms with van der Waals surface area (Å²) in [5.74, 6) is 0. The molecular weight excluding hydrogens is 212 g/mol. The molecule has 0 fully saturated rings. The van der Waals surface area contributed by atoms with Gasteiger partial charge in [0.1, 0.15) is 0 Å². The van der Waals surface area contributed by atoms with Gasteiger partial charge < -0.3 is 0 Å². The van der Waals surface area contributed by atoms with E-state index in [9.17, 15) is 20.2 Å². The highest BCUT2D eigenvalue weighted by molar-refractivity contribution is 4.48. The molecule has 6 nitrogen and oxygen atoms in total. The van der Waals surface area contributed by atoms with E-state index in [1.165, 1.54) is 19.3 Å². The molecule has 0 amide bonds. The van der Waals surface area contributed by atoms with Crippen molar-refractivity contribution in [3.63, 3.8) is 0 Å². The van der Waals surface area contributed by atoms with E-state index in [-0.39, 0.29) is 6.42 Å². The first-order chi connectivity index (χ1) is 7.59. The van der Waals surface area contributed by atoms with Crippen LogP contribution in [0.25, 0.3) is 0 Å². The highest BCUT2D eigenvalue weighted by Crippen LogP contribution is 2.11. The molecule has 0 aromatic carbocycles. The maximum Gasteiger partial charge on any atom is 0.450 e. The summed E-state index contributed by atoms with van der Waals surface area (Å²) in [4.78, 5) is 19.0. The molecule has 16 heavy (non-hydrogen) atoms. The normalized spacial score (nSPS) is 10.6. The van der Waals surface area contributed by atoms with Crippen molar-refractivity contribution in [2.75, 3.05) is 0 Å². The third-order valence-corrected chi connectivity index (χ3v) is 2.55. The van der Waals surface area contributed by atoms with Gasteiger partial charge in [-0.05, 0) is 6.42 Å². The molecule has 0 rings (SSSR count).